The summed E-state index contributed by atoms with van der Waals surface area (Å²) in [7, 11) is 3.56. The van der Waals surface area contributed by atoms with E-state index in [9.17, 15) is 4.79 Å². The van der Waals surface area contributed by atoms with Crippen LogP contribution in [0.3, 0.4) is 0 Å². The molecule has 1 spiro atoms. The van der Waals surface area contributed by atoms with E-state index < -0.39 is 5.60 Å². The smallest absolute Gasteiger partial charge is 0.253 e. The zero-order chi connectivity index (χ0) is 24.0. The third-order valence-electron chi connectivity index (χ3n) is 7.33. The van der Waals surface area contributed by atoms with Crippen LogP contribution >= 0.6 is 0 Å². The molecule has 1 aromatic heterocycles. The number of carbonyl (C=O) groups is 1. The first-order chi connectivity index (χ1) is 17.1. The summed E-state index contributed by atoms with van der Waals surface area (Å²) in [4.78, 5) is 15.3. The Labute approximate surface area is 204 Å². The summed E-state index contributed by atoms with van der Waals surface area (Å²) in [5.41, 5.74) is 3.37. The van der Waals surface area contributed by atoms with E-state index in [0.29, 0.717) is 56.2 Å². The Bertz CT molecular complexity index is 1260. The van der Waals surface area contributed by atoms with Crippen LogP contribution in [0, 0.1) is 0 Å². The molecule has 2 saturated heterocycles. The molecule has 4 heterocycles. The minimum Gasteiger partial charge on any atom is -0.493 e. The van der Waals surface area contributed by atoms with Crippen molar-refractivity contribution in [2.24, 2.45) is 7.05 Å². The summed E-state index contributed by atoms with van der Waals surface area (Å²) in [6.45, 7) is 2.46. The first kappa shape index (κ1) is 22.0. The molecular formula is C27H29N3O5. The molecule has 0 bridgehead atoms. The van der Waals surface area contributed by atoms with Crippen LogP contribution in [0.2, 0.25) is 0 Å². The van der Waals surface area contributed by atoms with Crippen LogP contribution < -0.4 is 14.2 Å². The highest BCUT2D eigenvalue weighted by Gasteiger charge is 2.45. The predicted molar refractivity (Wildman–Crippen MR) is 129 cm³/mol. The largest absolute Gasteiger partial charge is 0.493 e. The number of likely N-dealkylation sites (tertiary alicyclic amines) is 1. The van der Waals surface area contributed by atoms with Crippen molar-refractivity contribution in [1.29, 1.82) is 0 Å². The topological polar surface area (TPSA) is 75.0 Å². The van der Waals surface area contributed by atoms with E-state index in [0.717, 1.165) is 29.0 Å². The number of carbonyl (C=O) groups excluding carboxylic acids is 1. The van der Waals surface area contributed by atoms with Gasteiger partial charge >= 0.3 is 0 Å². The number of benzene rings is 2. The summed E-state index contributed by atoms with van der Waals surface area (Å²) >= 11 is 0. The number of ether oxygens (including phenoxy) is 4. The van der Waals surface area contributed by atoms with Gasteiger partial charge in [-0.25, -0.2) is 0 Å². The second-order valence-electron chi connectivity index (χ2n) is 9.38. The van der Waals surface area contributed by atoms with Gasteiger partial charge in [-0.1, -0.05) is 12.1 Å². The lowest BCUT2D eigenvalue weighted by Crippen LogP contribution is -2.49. The molecule has 3 aromatic rings. The van der Waals surface area contributed by atoms with Crippen molar-refractivity contribution < 1.29 is 23.7 Å². The van der Waals surface area contributed by atoms with Crippen LogP contribution in [0.25, 0.3) is 11.3 Å². The summed E-state index contributed by atoms with van der Waals surface area (Å²) < 4.78 is 25.5. The minimum absolute atomic E-state index is 0.0155. The van der Waals surface area contributed by atoms with E-state index in [1.165, 1.54) is 0 Å². The highest BCUT2D eigenvalue weighted by atomic mass is 16.6. The number of rotatable bonds is 4. The molecule has 0 saturated carbocycles. The summed E-state index contributed by atoms with van der Waals surface area (Å²) in [6.07, 6.45) is 4.19. The van der Waals surface area contributed by atoms with Crippen molar-refractivity contribution in [2.75, 3.05) is 33.4 Å². The van der Waals surface area contributed by atoms with E-state index in [1.807, 2.05) is 53.2 Å². The van der Waals surface area contributed by atoms with Gasteiger partial charge in [-0.2, -0.15) is 5.10 Å². The van der Waals surface area contributed by atoms with Crippen molar-refractivity contribution in [2.45, 2.75) is 31.0 Å². The number of fused-ring (bicyclic) bond motifs is 4. The SMILES string of the molecule is COc1cc(C(=O)N2CCC3(CC2)Oc2ccccc2-c2c3cnn2C)ccc1O[C@@H]1CCOC1. The molecule has 1 amide bonds. The van der Waals surface area contributed by atoms with Gasteiger partial charge in [-0.15, -0.1) is 0 Å². The highest BCUT2D eigenvalue weighted by molar-refractivity contribution is 5.95. The lowest BCUT2D eigenvalue weighted by Gasteiger charge is -2.44. The van der Waals surface area contributed by atoms with Gasteiger partial charge in [0, 0.05) is 56.1 Å². The summed E-state index contributed by atoms with van der Waals surface area (Å²) in [6, 6.07) is 13.5. The van der Waals surface area contributed by atoms with Gasteiger partial charge in [-0.05, 0) is 30.3 Å². The van der Waals surface area contributed by atoms with Crippen molar-refractivity contribution in [3.8, 4) is 28.5 Å². The lowest BCUT2D eigenvalue weighted by molar-refractivity contribution is -0.00173. The van der Waals surface area contributed by atoms with Crippen LogP contribution in [-0.4, -0.2) is 60.1 Å². The number of amides is 1. The second-order valence-corrected chi connectivity index (χ2v) is 9.38. The Kier molecular flexibility index (Phi) is 5.40. The van der Waals surface area contributed by atoms with Crippen molar-refractivity contribution >= 4 is 5.91 Å². The normalized spacial score (nSPS) is 20.2. The number of hydrogen-bond acceptors (Lipinski definition) is 6. The maximum atomic E-state index is 13.4. The van der Waals surface area contributed by atoms with E-state index in [1.54, 1.807) is 13.2 Å². The molecule has 3 aliphatic heterocycles. The average Bonchev–Trinajstić information content (AvgIpc) is 3.55. The Hall–Kier alpha value is -3.52. The van der Waals surface area contributed by atoms with E-state index in [2.05, 4.69) is 11.2 Å². The Morgan fingerprint density at radius 2 is 1.97 bits per heavy atom. The zero-order valence-electron chi connectivity index (χ0n) is 20.0. The Morgan fingerprint density at radius 3 is 2.74 bits per heavy atom. The summed E-state index contributed by atoms with van der Waals surface area (Å²) in [5.74, 6) is 2.05. The van der Waals surface area contributed by atoms with Gasteiger partial charge in [0.2, 0.25) is 0 Å². The number of nitrogens with zero attached hydrogens (tertiary/aromatic N) is 3. The maximum absolute atomic E-state index is 13.4. The van der Waals surface area contributed by atoms with E-state index in [4.69, 9.17) is 18.9 Å². The predicted octanol–water partition coefficient (Wildman–Crippen LogP) is 3.79. The van der Waals surface area contributed by atoms with Gasteiger partial charge in [0.05, 0.1) is 32.2 Å². The molecular weight excluding hydrogens is 446 g/mol. The molecule has 0 unspecified atom stereocenters. The van der Waals surface area contributed by atoms with Crippen molar-refractivity contribution in [3.05, 3.63) is 59.8 Å². The molecule has 0 radical (unpaired) electrons. The number of aryl methyl sites for hydroxylation is 1. The number of para-hydroxylation sites is 1. The minimum atomic E-state index is -0.479. The number of methoxy groups -OCH3 is 1. The average molecular weight is 476 g/mol. The molecule has 0 N–H and O–H groups in total. The van der Waals surface area contributed by atoms with Crippen LogP contribution in [0.5, 0.6) is 17.2 Å². The first-order valence-electron chi connectivity index (χ1n) is 12.1. The van der Waals surface area contributed by atoms with E-state index in [-0.39, 0.29) is 12.0 Å². The quantitative estimate of drug-likeness (QED) is 0.572. The third kappa shape index (κ3) is 3.72. The fraction of sp³-hybridized carbons (Fsp3) is 0.407. The second kappa shape index (κ2) is 8.61. The zero-order valence-corrected chi connectivity index (χ0v) is 20.0. The molecule has 1 atom stereocenters. The molecule has 2 fully saturated rings. The van der Waals surface area contributed by atoms with Gasteiger partial charge in [-0.3, -0.25) is 9.48 Å². The van der Waals surface area contributed by atoms with Crippen LogP contribution in [0.15, 0.2) is 48.7 Å². The van der Waals surface area contributed by atoms with Crippen LogP contribution in [0.4, 0.5) is 0 Å². The molecule has 2 aromatic carbocycles. The van der Waals surface area contributed by atoms with Gasteiger partial charge in [0.15, 0.2) is 11.5 Å². The van der Waals surface area contributed by atoms with Crippen molar-refractivity contribution in [3.63, 3.8) is 0 Å². The van der Waals surface area contributed by atoms with Crippen LogP contribution in [-0.2, 0) is 17.4 Å². The summed E-state index contributed by atoms with van der Waals surface area (Å²) in [5, 5.41) is 4.53. The highest BCUT2D eigenvalue weighted by Crippen LogP contribution is 2.49. The standard InChI is InChI=1S/C27H29N3O5/c1-29-25-20-5-3-4-6-22(20)35-27(21(25)16-28-29)10-12-30(13-11-27)26(31)18-7-8-23(24(15-18)32-2)34-19-9-14-33-17-19/h3-8,15-16,19H,9-14,17H2,1-2H3/t19-/m1/s1. The molecule has 6 rings (SSSR count). The van der Waals surface area contributed by atoms with Crippen LogP contribution in [0.1, 0.15) is 35.2 Å². The molecule has 0 aliphatic carbocycles. The van der Waals surface area contributed by atoms with Crippen molar-refractivity contribution in [1.82, 2.24) is 14.7 Å². The van der Waals surface area contributed by atoms with Gasteiger partial charge < -0.3 is 23.8 Å². The van der Waals surface area contributed by atoms with E-state index >= 15 is 0 Å². The molecule has 8 nitrogen and oxygen atoms in total. The molecule has 35 heavy (non-hydrogen) atoms. The molecule has 8 heteroatoms. The number of piperidine rings is 1. The lowest BCUT2D eigenvalue weighted by atomic mass is 9.81. The third-order valence-corrected chi connectivity index (χ3v) is 7.33. The Morgan fingerprint density at radius 1 is 1.14 bits per heavy atom. The number of aromatic nitrogens is 2. The number of hydrogen-bond donors (Lipinski definition) is 0. The fourth-order valence-electron chi connectivity index (χ4n) is 5.42. The fourth-order valence-corrected chi connectivity index (χ4v) is 5.42. The molecule has 3 aliphatic rings. The Balaban J connectivity index is 1.20. The monoisotopic (exact) mass is 475 g/mol. The first-order valence-corrected chi connectivity index (χ1v) is 12.1. The maximum Gasteiger partial charge on any atom is 0.253 e. The van der Waals surface area contributed by atoms with Gasteiger partial charge in [0.1, 0.15) is 17.5 Å². The molecule has 182 valence electrons. The van der Waals surface area contributed by atoms with Gasteiger partial charge in [0.25, 0.3) is 5.91 Å².